The molecule has 1 saturated heterocycles. The molecule has 0 saturated carbocycles. The summed E-state index contributed by atoms with van der Waals surface area (Å²) in [5, 5.41) is 0. The number of rotatable bonds is 3. The summed E-state index contributed by atoms with van der Waals surface area (Å²) in [6.07, 6.45) is 1.90. The van der Waals surface area contributed by atoms with Crippen molar-refractivity contribution in [3.05, 3.63) is 34.1 Å². The first-order valence-electron chi connectivity index (χ1n) is 6.98. The normalized spacial score (nSPS) is 17.2. The van der Waals surface area contributed by atoms with Crippen LogP contribution in [-0.2, 0) is 0 Å². The van der Waals surface area contributed by atoms with E-state index in [0.717, 1.165) is 32.5 Å². The van der Waals surface area contributed by atoms with Crippen molar-refractivity contribution in [1.82, 2.24) is 9.80 Å². The first-order valence-corrected chi connectivity index (χ1v) is 7.77. The summed E-state index contributed by atoms with van der Waals surface area (Å²) in [6.45, 7) is 5.19. The molecule has 20 heavy (non-hydrogen) atoms. The van der Waals surface area contributed by atoms with Crippen LogP contribution in [0.1, 0.15) is 30.1 Å². The molecular weight excluding hydrogens is 323 g/mol. The van der Waals surface area contributed by atoms with Crippen LogP contribution >= 0.6 is 15.9 Å². The van der Waals surface area contributed by atoms with Gasteiger partial charge in [-0.2, -0.15) is 0 Å². The summed E-state index contributed by atoms with van der Waals surface area (Å²) in [6, 6.07) is 5.03. The van der Waals surface area contributed by atoms with Crippen molar-refractivity contribution in [3.63, 3.8) is 0 Å². The van der Waals surface area contributed by atoms with Crippen LogP contribution in [0.5, 0.6) is 0 Å². The number of hydrogen-bond acceptors (Lipinski definition) is 2. The lowest BCUT2D eigenvalue weighted by Gasteiger charge is -2.36. The number of halogens is 2. The van der Waals surface area contributed by atoms with Crippen molar-refractivity contribution in [3.8, 4) is 0 Å². The molecule has 1 aromatic carbocycles. The van der Waals surface area contributed by atoms with Crippen molar-refractivity contribution in [2.45, 2.75) is 25.8 Å². The van der Waals surface area contributed by atoms with Crippen LogP contribution < -0.4 is 0 Å². The van der Waals surface area contributed by atoms with E-state index >= 15 is 0 Å². The van der Waals surface area contributed by atoms with Gasteiger partial charge in [-0.15, -0.1) is 0 Å². The Bertz CT molecular complexity index is 487. The Morgan fingerprint density at radius 2 is 2.10 bits per heavy atom. The van der Waals surface area contributed by atoms with Gasteiger partial charge in [-0.1, -0.05) is 13.0 Å². The van der Waals surface area contributed by atoms with Gasteiger partial charge in [0, 0.05) is 26.2 Å². The Kier molecular flexibility index (Phi) is 5.16. The minimum atomic E-state index is -0.477. The lowest BCUT2D eigenvalue weighted by Crippen LogP contribution is -2.45. The maximum atomic E-state index is 14.0. The molecule has 110 valence electrons. The fourth-order valence-electron chi connectivity index (χ4n) is 2.65. The molecule has 0 radical (unpaired) electrons. The van der Waals surface area contributed by atoms with Crippen molar-refractivity contribution in [1.29, 1.82) is 0 Å². The Morgan fingerprint density at radius 3 is 2.70 bits per heavy atom. The van der Waals surface area contributed by atoms with E-state index in [4.69, 9.17) is 0 Å². The van der Waals surface area contributed by atoms with Gasteiger partial charge in [0.05, 0.1) is 10.0 Å². The summed E-state index contributed by atoms with van der Waals surface area (Å²) in [7, 11) is 1.77. The van der Waals surface area contributed by atoms with E-state index in [1.807, 2.05) is 0 Å². The van der Waals surface area contributed by atoms with Crippen molar-refractivity contribution >= 4 is 21.8 Å². The summed E-state index contributed by atoms with van der Waals surface area (Å²) in [5.74, 6) is -0.714. The van der Waals surface area contributed by atoms with Gasteiger partial charge >= 0.3 is 0 Å². The number of benzene rings is 1. The molecule has 3 nitrogen and oxygen atoms in total. The molecule has 1 heterocycles. The highest BCUT2D eigenvalue weighted by molar-refractivity contribution is 9.10. The maximum absolute atomic E-state index is 14.0. The van der Waals surface area contributed by atoms with Crippen molar-refractivity contribution in [2.75, 3.05) is 26.7 Å². The van der Waals surface area contributed by atoms with Gasteiger partial charge in [-0.3, -0.25) is 4.79 Å². The number of likely N-dealkylation sites (tertiary alicyclic amines) is 1. The average molecular weight is 343 g/mol. The molecule has 0 aromatic heterocycles. The highest BCUT2D eigenvalue weighted by Crippen LogP contribution is 2.22. The molecule has 2 rings (SSSR count). The van der Waals surface area contributed by atoms with E-state index in [0.29, 0.717) is 4.47 Å². The van der Waals surface area contributed by atoms with E-state index in [2.05, 4.69) is 27.8 Å². The van der Waals surface area contributed by atoms with Crippen molar-refractivity contribution in [2.24, 2.45) is 0 Å². The fourth-order valence-corrected chi connectivity index (χ4v) is 3.01. The second kappa shape index (κ2) is 6.68. The standard InChI is InChI=1S/C15H20BrFN2O/c1-3-19-9-7-11(8-10-19)18(2)15(20)12-5-4-6-13(16)14(12)17/h4-6,11H,3,7-10H2,1-2H3. The Morgan fingerprint density at radius 1 is 1.45 bits per heavy atom. The second-order valence-corrected chi connectivity index (χ2v) is 6.04. The van der Waals surface area contributed by atoms with Gasteiger partial charge in [-0.05, 0) is 47.4 Å². The summed E-state index contributed by atoms with van der Waals surface area (Å²) in [4.78, 5) is 16.5. The number of amides is 1. The largest absolute Gasteiger partial charge is 0.339 e. The first-order chi connectivity index (χ1) is 9.54. The van der Waals surface area contributed by atoms with Gasteiger partial charge in [0.15, 0.2) is 0 Å². The SMILES string of the molecule is CCN1CCC(N(C)C(=O)c2cccc(Br)c2F)CC1. The number of piperidine rings is 1. The third kappa shape index (κ3) is 3.20. The van der Waals surface area contributed by atoms with Crippen LogP contribution in [0.4, 0.5) is 4.39 Å². The molecule has 0 unspecified atom stereocenters. The van der Waals surface area contributed by atoms with Crippen LogP contribution in [-0.4, -0.2) is 48.4 Å². The van der Waals surface area contributed by atoms with Crippen LogP contribution in [0.2, 0.25) is 0 Å². The quantitative estimate of drug-likeness (QED) is 0.842. The number of nitrogens with zero attached hydrogens (tertiary/aromatic N) is 2. The van der Waals surface area contributed by atoms with E-state index in [1.165, 1.54) is 0 Å². The molecule has 1 aliphatic rings. The molecule has 5 heteroatoms. The summed E-state index contributed by atoms with van der Waals surface area (Å²) >= 11 is 3.12. The van der Waals surface area contributed by atoms with Crippen LogP contribution in [0.15, 0.2) is 22.7 Å². The molecule has 0 N–H and O–H groups in total. The highest BCUT2D eigenvalue weighted by Gasteiger charge is 2.27. The highest BCUT2D eigenvalue weighted by atomic mass is 79.9. The maximum Gasteiger partial charge on any atom is 0.256 e. The Hall–Kier alpha value is -0.940. The molecule has 0 aliphatic carbocycles. The molecule has 0 bridgehead atoms. The molecule has 1 aromatic rings. The minimum absolute atomic E-state index is 0.139. The molecule has 1 amide bonds. The fraction of sp³-hybridized carbons (Fsp3) is 0.533. The van der Waals surface area contributed by atoms with Gasteiger partial charge < -0.3 is 9.80 Å². The van der Waals surface area contributed by atoms with E-state index in [-0.39, 0.29) is 17.5 Å². The molecule has 0 spiro atoms. The third-order valence-corrected chi connectivity index (χ3v) is 4.67. The second-order valence-electron chi connectivity index (χ2n) is 5.18. The lowest BCUT2D eigenvalue weighted by atomic mass is 10.0. The van der Waals surface area contributed by atoms with E-state index < -0.39 is 5.82 Å². The number of hydrogen-bond donors (Lipinski definition) is 0. The van der Waals surface area contributed by atoms with Crippen LogP contribution in [0.3, 0.4) is 0 Å². The number of carbonyl (C=O) groups excluding carboxylic acids is 1. The molecule has 0 atom stereocenters. The Labute approximate surface area is 127 Å². The zero-order valence-electron chi connectivity index (χ0n) is 11.9. The topological polar surface area (TPSA) is 23.6 Å². The van der Waals surface area contributed by atoms with Crippen LogP contribution in [0.25, 0.3) is 0 Å². The first kappa shape index (κ1) is 15.4. The Balaban J connectivity index is 2.07. The van der Waals surface area contributed by atoms with E-state index in [1.54, 1.807) is 30.1 Å². The molecule has 1 fully saturated rings. The monoisotopic (exact) mass is 342 g/mol. The zero-order chi connectivity index (χ0) is 14.7. The van der Waals surface area contributed by atoms with Gasteiger partial charge in [-0.25, -0.2) is 4.39 Å². The minimum Gasteiger partial charge on any atom is -0.339 e. The van der Waals surface area contributed by atoms with Crippen LogP contribution in [0, 0.1) is 5.82 Å². The molecular formula is C15H20BrFN2O. The van der Waals surface area contributed by atoms with Gasteiger partial charge in [0.25, 0.3) is 5.91 Å². The van der Waals surface area contributed by atoms with Crippen molar-refractivity contribution < 1.29 is 9.18 Å². The predicted octanol–water partition coefficient (Wildman–Crippen LogP) is 3.14. The summed E-state index contributed by atoms with van der Waals surface area (Å²) < 4.78 is 14.3. The number of carbonyl (C=O) groups is 1. The predicted molar refractivity (Wildman–Crippen MR) is 81.3 cm³/mol. The van der Waals surface area contributed by atoms with Gasteiger partial charge in [0.1, 0.15) is 5.82 Å². The summed E-state index contributed by atoms with van der Waals surface area (Å²) in [5.41, 5.74) is 0.139. The average Bonchev–Trinajstić information content (AvgIpc) is 2.48. The molecule has 1 aliphatic heterocycles. The lowest BCUT2D eigenvalue weighted by molar-refractivity contribution is 0.0642. The smallest absolute Gasteiger partial charge is 0.256 e. The third-order valence-electron chi connectivity index (χ3n) is 4.05. The zero-order valence-corrected chi connectivity index (χ0v) is 13.5. The van der Waals surface area contributed by atoms with E-state index in [9.17, 15) is 9.18 Å². The van der Waals surface area contributed by atoms with Gasteiger partial charge in [0.2, 0.25) is 0 Å².